The van der Waals surface area contributed by atoms with Crippen LogP contribution >= 0.6 is 22.9 Å². The number of fused-ring (bicyclic) bond motifs is 5. The van der Waals surface area contributed by atoms with Crippen LogP contribution in [0.15, 0.2) is 24.3 Å². The largest absolute Gasteiger partial charge is 0.341 e. The van der Waals surface area contributed by atoms with Crippen molar-refractivity contribution >= 4 is 28.8 Å². The summed E-state index contributed by atoms with van der Waals surface area (Å²) in [5.41, 5.74) is 3.85. The molecule has 1 fully saturated rings. The number of nitrogens with one attached hydrogen (secondary N) is 1. The molecular formula is C24H26ClN5OS. The van der Waals surface area contributed by atoms with E-state index in [-0.39, 0.29) is 17.4 Å². The number of thiophene rings is 1. The minimum Gasteiger partial charge on any atom is -0.341 e. The molecular weight excluding hydrogens is 442 g/mol. The van der Waals surface area contributed by atoms with E-state index in [0.717, 1.165) is 48.2 Å². The summed E-state index contributed by atoms with van der Waals surface area (Å²) in [6.07, 6.45) is 1.60. The number of carbonyl (C=O) groups excluding carboxylic acids is 1. The Kier molecular flexibility index (Phi) is 4.55. The topological polar surface area (TPSA) is 63.1 Å². The summed E-state index contributed by atoms with van der Waals surface area (Å²) in [6.45, 7) is 8.78. The fourth-order valence-electron chi connectivity index (χ4n) is 5.54. The monoisotopic (exact) mass is 467 g/mol. The van der Waals surface area contributed by atoms with Gasteiger partial charge in [-0.25, -0.2) is 0 Å². The van der Waals surface area contributed by atoms with Crippen LogP contribution in [0.25, 0.3) is 5.00 Å². The first-order valence-electron chi connectivity index (χ1n) is 11.1. The maximum atomic E-state index is 13.2. The summed E-state index contributed by atoms with van der Waals surface area (Å²) >= 11 is 8.44. The van der Waals surface area contributed by atoms with Crippen LogP contribution in [0.5, 0.6) is 0 Å². The van der Waals surface area contributed by atoms with Gasteiger partial charge in [-0.3, -0.25) is 14.7 Å². The Hall–Kier alpha value is -2.22. The van der Waals surface area contributed by atoms with Gasteiger partial charge in [-0.2, -0.15) is 0 Å². The molecule has 3 aliphatic rings. The van der Waals surface area contributed by atoms with Crippen LogP contribution < -0.4 is 5.32 Å². The molecule has 3 aromatic rings. The van der Waals surface area contributed by atoms with E-state index in [1.165, 1.54) is 21.0 Å². The number of rotatable bonds is 2. The molecule has 0 spiro atoms. The van der Waals surface area contributed by atoms with Crippen molar-refractivity contribution in [3.05, 3.63) is 62.5 Å². The van der Waals surface area contributed by atoms with Gasteiger partial charge >= 0.3 is 0 Å². The number of carbonyl (C=O) groups is 1. The second-order valence-electron chi connectivity index (χ2n) is 10.0. The lowest BCUT2D eigenvalue weighted by Crippen LogP contribution is -2.57. The van der Waals surface area contributed by atoms with Gasteiger partial charge in [0.15, 0.2) is 5.82 Å². The molecule has 1 aromatic carbocycles. The molecule has 6 rings (SSSR count). The zero-order chi connectivity index (χ0) is 22.2. The Morgan fingerprint density at radius 2 is 2.00 bits per heavy atom. The molecule has 2 atom stereocenters. The molecule has 1 saturated heterocycles. The predicted octanol–water partition coefficient (Wildman–Crippen LogP) is 4.07. The summed E-state index contributed by atoms with van der Waals surface area (Å²) in [5.74, 6) is 2.14. The van der Waals surface area contributed by atoms with Crippen molar-refractivity contribution < 1.29 is 4.79 Å². The lowest BCUT2D eigenvalue weighted by atomic mass is 9.83. The number of likely N-dealkylation sites (tertiary alicyclic amines) is 1. The van der Waals surface area contributed by atoms with Gasteiger partial charge in [0.05, 0.1) is 12.6 Å². The zero-order valence-electron chi connectivity index (χ0n) is 18.5. The fourth-order valence-corrected chi connectivity index (χ4v) is 7.30. The minimum atomic E-state index is -0.0448. The minimum absolute atomic E-state index is 0.0364. The van der Waals surface area contributed by atoms with Gasteiger partial charge in [0.25, 0.3) is 0 Å². The Bertz CT molecular complexity index is 1240. The second kappa shape index (κ2) is 7.14. The molecule has 0 unspecified atom stereocenters. The molecule has 8 heteroatoms. The van der Waals surface area contributed by atoms with E-state index in [0.29, 0.717) is 12.5 Å². The molecule has 1 amide bonds. The van der Waals surface area contributed by atoms with Crippen LogP contribution in [0.1, 0.15) is 53.1 Å². The molecule has 0 bridgehead atoms. The van der Waals surface area contributed by atoms with E-state index < -0.39 is 0 Å². The number of amides is 1. The first-order valence-corrected chi connectivity index (χ1v) is 12.3. The molecule has 0 saturated carbocycles. The molecule has 1 aliphatic carbocycles. The van der Waals surface area contributed by atoms with Crippen LogP contribution in [-0.4, -0.2) is 38.7 Å². The maximum Gasteiger partial charge on any atom is 0.226 e. The summed E-state index contributed by atoms with van der Waals surface area (Å²) in [5, 5.41) is 14.3. The van der Waals surface area contributed by atoms with Gasteiger partial charge in [-0.05, 0) is 42.4 Å². The highest BCUT2D eigenvalue weighted by atomic mass is 35.5. The third kappa shape index (κ3) is 3.05. The lowest BCUT2D eigenvalue weighted by Gasteiger charge is -2.46. The van der Waals surface area contributed by atoms with E-state index >= 15 is 0 Å². The standard InChI is InChI=1S/C24H26ClN5OS/c1-13-27-28-19-10-26-21(15-6-4-5-7-17(15)25)20-16-8-14(9-18(16)32-23(20)30(13)19)22(31)29-11-24(2,3)12-29/h4-7,14,21,26H,8-12H2,1-3H3/t14-,21-/m0/s1. The molecule has 6 nitrogen and oxygen atoms in total. The molecule has 1 N–H and O–H groups in total. The predicted molar refractivity (Wildman–Crippen MR) is 125 cm³/mol. The Morgan fingerprint density at radius 3 is 2.75 bits per heavy atom. The highest BCUT2D eigenvalue weighted by molar-refractivity contribution is 7.15. The van der Waals surface area contributed by atoms with Gasteiger partial charge in [0.1, 0.15) is 10.8 Å². The van der Waals surface area contributed by atoms with Crippen molar-refractivity contribution in [3.8, 4) is 5.00 Å². The van der Waals surface area contributed by atoms with Crippen molar-refractivity contribution in [3.63, 3.8) is 0 Å². The van der Waals surface area contributed by atoms with E-state index in [1.54, 1.807) is 11.3 Å². The Labute approximate surface area is 196 Å². The molecule has 32 heavy (non-hydrogen) atoms. The second-order valence-corrected chi connectivity index (χ2v) is 11.5. The summed E-state index contributed by atoms with van der Waals surface area (Å²) in [6, 6.07) is 7.98. The highest BCUT2D eigenvalue weighted by Crippen LogP contribution is 2.47. The number of aromatic nitrogens is 3. The van der Waals surface area contributed by atoms with Crippen molar-refractivity contribution in [2.75, 3.05) is 13.1 Å². The van der Waals surface area contributed by atoms with Crippen molar-refractivity contribution in [1.82, 2.24) is 25.0 Å². The first-order chi connectivity index (χ1) is 15.3. The smallest absolute Gasteiger partial charge is 0.226 e. The van der Waals surface area contributed by atoms with E-state index in [2.05, 4.69) is 40.0 Å². The normalized spacial score (nSPS) is 23.2. The molecule has 0 radical (unpaired) electrons. The molecule has 166 valence electrons. The van der Waals surface area contributed by atoms with Crippen molar-refractivity contribution in [2.24, 2.45) is 11.3 Å². The van der Waals surface area contributed by atoms with Crippen molar-refractivity contribution in [2.45, 2.75) is 46.2 Å². The lowest BCUT2D eigenvalue weighted by molar-refractivity contribution is -0.145. The zero-order valence-corrected chi connectivity index (χ0v) is 20.1. The molecule has 2 aliphatic heterocycles. The average Bonchev–Trinajstić information content (AvgIpc) is 3.37. The summed E-state index contributed by atoms with van der Waals surface area (Å²) in [4.78, 5) is 16.5. The highest BCUT2D eigenvalue weighted by Gasteiger charge is 2.43. The van der Waals surface area contributed by atoms with Crippen LogP contribution in [-0.2, 0) is 24.2 Å². The van der Waals surface area contributed by atoms with E-state index in [1.807, 2.05) is 30.0 Å². The molecule has 2 aromatic heterocycles. The van der Waals surface area contributed by atoms with Crippen molar-refractivity contribution in [1.29, 1.82) is 0 Å². The van der Waals surface area contributed by atoms with Crippen LogP contribution in [0.2, 0.25) is 5.02 Å². The number of halogens is 1. The van der Waals surface area contributed by atoms with Gasteiger partial charge in [0, 0.05) is 34.5 Å². The third-order valence-electron chi connectivity index (χ3n) is 6.96. The maximum absolute atomic E-state index is 13.2. The Morgan fingerprint density at radius 1 is 1.22 bits per heavy atom. The van der Waals surface area contributed by atoms with Crippen LogP contribution in [0.4, 0.5) is 0 Å². The number of benzene rings is 1. The summed E-state index contributed by atoms with van der Waals surface area (Å²) in [7, 11) is 0. The van der Waals surface area contributed by atoms with E-state index in [9.17, 15) is 4.79 Å². The van der Waals surface area contributed by atoms with Crippen LogP contribution in [0, 0.1) is 18.3 Å². The van der Waals surface area contributed by atoms with E-state index in [4.69, 9.17) is 11.6 Å². The van der Waals surface area contributed by atoms with Gasteiger partial charge < -0.3 is 4.90 Å². The number of aryl methyl sites for hydroxylation is 1. The number of nitrogens with zero attached hydrogens (tertiary/aromatic N) is 4. The molecule has 4 heterocycles. The number of hydrogen-bond donors (Lipinski definition) is 1. The fraction of sp³-hybridized carbons (Fsp3) is 0.458. The van der Waals surface area contributed by atoms with Crippen LogP contribution in [0.3, 0.4) is 0 Å². The summed E-state index contributed by atoms with van der Waals surface area (Å²) < 4.78 is 2.18. The van der Waals surface area contributed by atoms with Gasteiger partial charge in [-0.1, -0.05) is 43.6 Å². The van der Waals surface area contributed by atoms with Gasteiger partial charge in [-0.15, -0.1) is 21.5 Å². The third-order valence-corrected chi connectivity index (χ3v) is 8.56. The SMILES string of the molecule is Cc1nnc2n1-c1sc3c(c1[C@H](c1ccccc1Cl)NC2)C[C@H](C(=O)N1CC(C)(C)C1)C3. The average molecular weight is 468 g/mol. The first kappa shape index (κ1) is 20.4. The quantitative estimate of drug-likeness (QED) is 0.617. The van der Waals surface area contributed by atoms with Gasteiger partial charge in [0.2, 0.25) is 5.91 Å². The number of hydrogen-bond acceptors (Lipinski definition) is 5. The Balaban J connectivity index is 1.42.